The van der Waals surface area contributed by atoms with E-state index in [2.05, 4.69) is 0 Å². The highest BCUT2D eigenvalue weighted by Gasteiger charge is 2.14. The van der Waals surface area contributed by atoms with Gasteiger partial charge in [0.15, 0.2) is 0 Å². The fourth-order valence-electron chi connectivity index (χ4n) is 2.06. The average Bonchev–Trinajstić information content (AvgIpc) is 2.48. The maximum absolute atomic E-state index is 12.1. The molecule has 0 amide bonds. The summed E-state index contributed by atoms with van der Waals surface area (Å²) in [6, 6.07) is 9.13. The Balaban J connectivity index is 2.52. The Morgan fingerprint density at radius 2 is 2.00 bits per heavy atom. The van der Waals surface area contributed by atoms with E-state index in [-0.39, 0.29) is 12.2 Å². The fraction of sp³-hybridized carbons (Fsp3) is 0.188. The number of carbonyl (C=O) groups is 1. The second kappa shape index (κ2) is 6.14. The maximum atomic E-state index is 12.1. The minimum absolute atomic E-state index is 0.0362. The van der Waals surface area contributed by atoms with Gasteiger partial charge in [0.25, 0.3) is 5.56 Å². The standard InChI is InChI=1S/C16H14N2O4/c1-3-22-16(21)11-4-6-12(7-5-11)18-14(19)8-10(2)13(9-17)15(18)20/h4-8,20H,3H2,1-2H3. The van der Waals surface area contributed by atoms with Gasteiger partial charge in [0, 0.05) is 6.07 Å². The number of rotatable bonds is 3. The van der Waals surface area contributed by atoms with Crippen molar-refractivity contribution in [3.8, 4) is 17.6 Å². The largest absolute Gasteiger partial charge is 0.493 e. The second-order valence-electron chi connectivity index (χ2n) is 4.58. The van der Waals surface area contributed by atoms with Gasteiger partial charge in [0.2, 0.25) is 5.88 Å². The molecule has 0 aliphatic heterocycles. The van der Waals surface area contributed by atoms with E-state index < -0.39 is 17.4 Å². The van der Waals surface area contributed by atoms with Crippen LogP contribution in [0.2, 0.25) is 0 Å². The number of ether oxygens (including phenoxy) is 1. The van der Waals surface area contributed by atoms with E-state index in [1.54, 1.807) is 13.8 Å². The van der Waals surface area contributed by atoms with Crippen molar-refractivity contribution in [2.45, 2.75) is 13.8 Å². The molecule has 1 aromatic heterocycles. The Labute approximate surface area is 126 Å². The van der Waals surface area contributed by atoms with Gasteiger partial charge >= 0.3 is 5.97 Å². The molecule has 0 radical (unpaired) electrons. The smallest absolute Gasteiger partial charge is 0.338 e. The number of benzene rings is 1. The molecule has 0 saturated carbocycles. The summed E-state index contributed by atoms with van der Waals surface area (Å²) in [5.74, 6) is -0.886. The van der Waals surface area contributed by atoms with E-state index in [0.717, 1.165) is 4.57 Å². The highest BCUT2D eigenvalue weighted by Crippen LogP contribution is 2.21. The molecule has 2 aromatic rings. The number of aromatic hydroxyl groups is 1. The molecule has 0 fully saturated rings. The first-order valence-corrected chi connectivity index (χ1v) is 6.62. The predicted octanol–water partition coefficient (Wildman–Crippen LogP) is 1.90. The van der Waals surface area contributed by atoms with Crippen LogP contribution in [0.15, 0.2) is 35.1 Å². The lowest BCUT2D eigenvalue weighted by molar-refractivity contribution is 0.0526. The molecular formula is C16H14N2O4. The van der Waals surface area contributed by atoms with Crippen molar-refractivity contribution in [1.82, 2.24) is 4.57 Å². The van der Waals surface area contributed by atoms with Crippen LogP contribution in [0.4, 0.5) is 0 Å². The lowest BCUT2D eigenvalue weighted by Gasteiger charge is -2.11. The molecule has 0 saturated heterocycles. The third-order valence-electron chi connectivity index (χ3n) is 3.14. The van der Waals surface area contributed by atoms with Crippen LogP contribution in [0.5, 0.6) is 5.88 Å². The minimum atomic E-state index is -0.466. The minimum Gasteiger partial charge on any atom is -0.493 e. The van der Waals surface area contributed by atoms with Crippen molar-refractivity contribution in [2.75, 3.05) is 6.61 Å². The third kappa shape index (κ3) is 2.69. The number of esters is 1. The molecule has 112 valence electrons. The molecule has 0 aliphatic rings. The number of pyridine rings is 1. The van der Waals surface area contributed by atoms with E-state index in [1.807, 2.05) is 6.07 Å². The zero-order chi connectivity index (χ0) is 16.3. The first kappa shape index (κ1) is 15.3. The van der Waals surface area contributed by atoms with Crippen LogP contribution >= 0.6 is 0 Å². The van der Waals surface area contributed by atoms with Gasteiger partial charge in [-0.15, -0.1) is 0 Å². The van der Waals surface area contributed by atoms with Gasteiger partial charge in [-0.2, -0.15) is 5.26 Å². The number of nitrogens with zero attached hydrogens (tertiary/aromatic N) is 2. The molecule has 6 heteroatoms. The van der Waals surface area contributed by atoms with Crippen molar-refractivity contribution in [2.24, 2.45) is 0 Å². The molecule has 6 nitrogen and oxygen atoms in total. The maximum Gasteiger partial charge on any atom is 0.338 e. The molecule has 1 N–H and O–H groups in total. The molecule has 2 rings (SSSR count). The van der Waals surface area contributed by atoms with Crippen LogP contribution in [-0.4, -0.2) is 22.2 Å². The number of aromatic nitrogens is 1. The summed E-state index contributed by atoms with van der Waals surface area (Å²) in [6.07, 6.45) is 0. The lowest BCUT2D eigenvalue weighted by atomic mass is 10.1. The SMILES string of the molecule is CCOC(=O)c1ccc(-n2c(O)c(C#N)c(C)cc2=O)cc1. The molecule has 0 atom stereocenters. The molecule has 1 heterocycles. The Kier molecular flexibility index (Phi) is 4.28. The van der Waals surface area contributed by atoms with Gasteiger partial charge in [-0.1, -0.05) is 0 Å². The lowest BCUT2D eigenvalue weighted by Crippen LogP contribution is -2.19. The summed E-state index contributed by atoms with van der Waals surface area (Å²) < 4.78 is 5.89. The molecule has 22 heavy (non-hydrogen) atoms. The first-order chi connectivity index (χ1) is 10.5. The van der Waals surface area contributed by atoms with Crippen molar-refractivity contribution >= 4 is 5.97 Å². The van der Waals surface area contributed by atoms with E-state index in [9.17, 15) is 14.7 Å². The van der Waals surface area contributed by atoms with Crippen LogP contribution in [0.1, 0.15) is 28.4 Å². The number of hydrogen-bond acceptors (Lipinski definition) is 5. The number of aryl methyl sites for hydroxylation is 1. The zero-order valence-corrected chi connectivity index (χ0v) is 12.2. The van der Waals surface area contributed by atoms with Crippen molar-refractivity contribution in [3.63, 3.8) is 0 Å². The van der Waals surface area contributed by atoms with Gasteiger partial charge < -0.3 is 9.84 Å². The quantitative estimate of drug-likeness (QED) is 0.874. The van der Waals surface area contributed by atoms with Crippen LogP contribution in [0, 0.1) is 18.3 Å². The van der Waals surface area contributed by atoms with E-state index in [1.165, 1.54) is 30.3 Å². The molecule has 0 unspecified atom stereocenters. The highest BCUT2D eigenvalue weighted by molar-refractivity contribution is 5.89. The Hall–Kier alpha value is -3.07. The van der Waals surface area contributed by atoms with Crippen LogP contribution in [0.25, 0.3) is 5.69 Å². The van der Waals surface area contributed by atoms with Gasteiger partial charge in [-0.25, -0.2) is 9.36 Å². The summed E-state index contributed by atoms with van der Waals surface area (Å²) in [7, 11) is 0. The average molecular weight is 298 g/mol. The molecular weight excluding hydrogens is 284 g/mol. The van der Waals surface area contributed by atoms with Crippen molar-refractivity contribution in [1.29, 1.82) is 5.26 Å². The van der Waals surface area contributed by atoms with Crippen molar-refractivity contribution < 1.29 is 14.6 Å². The molecule has 0 spiro atoms. The van der Waals surface area contributed by atoms with E-state index in [0.29, 0.717) is 16.8 Å². The zero-order valence-electron chi connectivity index (χ0n) is 12.2. The van der Waals surface area contributed by atoms with Crippen LogP contribution < -0.4 is 5.56 Å². The van der Waals surface area contributed by atoms with E-state index in [4.69, 9.17) is 10.00 Å². The summed E-state index contributed by atoms with van der Waals surface area (Å²) in [5, 5.41) is 19.2. The van der Waals surface area contributed by atoms with Gasteiger partial charge in [-0.05, 0) is 43.7 Å². The summed E-state index contributed by atoms with van der Waals surface area (Å²) in [6.45, 7) is 3.55. The Bertz CT molecular complexity index is 814. The fourth-order valence-corrected chi connectivity index (χ4v) is 2.06. The summed E-state index contributed by atoms with van der Waals surface area (Å²) >= 11 is 0. The molecule has 0 bridgehead atoms. The number of nitriles is 1. The van der Waals surface area contributed by atoms with Gasteiger partial charge in [0.05, 0.1) is 17.9 Å². The van der Waals surface area contributed by atoms with Crippen molar-refractivity contribution in [3.05, 3.63) is 57.4 Å². The number of hydrogen-bond donors (Lipinski definition) is 1. The second-order valence-corrected chi connectivity index (χ2v) is 4.58. The molecule has 0 aliphatic carbocycles. The van der Waals surface area contributed by atoms with Gasteiger partial charge in [0.1, 0.15) is 11.6 Å². The molecule has 1 aromatic carbocycles. The number of carbonyl (C=O) groups excluding carboxylic acids is 1. The van der Waals surface area contributed by atoms with Gasteiger partial charge in [-0.3, -0.25) is 4.79 Å². The van der Waals surface area contributed by atoms with Crippen LogP contribution in [0.3, 0.4) is 0 Å². The Morgan fingerprint density at radius 1 is 1.36 bits per heavy atom. The third-order valence-corrected chi connectivity index (χ3v) is 3.14. The summed E-state index contributed by atoms with van der Waals surface area (Å²) in [5.41, 5.74) is 0.675. The monoisotopic (exact) mass is 298 g/mol. The predicted molar refractivity (Wildman–Crippen MR) is 79.1 cm³/mol. The van der Waals surface area contributed by atoms with E-state index >= 15 is 0 Å². The normalized spacial score (nSPS) is 10.0. The van der Waals surface area contributed by atoms with Crippen LogP contribution in [-0.2, 0) is 4.74 Å². The highest BCUT2D eigenvalue weighted by atomic mass is 16.5. The Morgan fingerprint density at radius 3 is 2.55 bits per heavy atom. The summed E-state index contributed by atoms with van der Waals surface area (Å²) in [4.78, 5) is 23.6. The first-order valence-electron chi connectivity index (χ1n) is 6.62. The topological polar surface area (TPSA) is 92.3 Å².